The van der Waals surface area contributed by atoms with E-state index in [1.165, 1.54) is 0 Å². The maximum absolute atomic E-state index is 5.83. The summed E-state index contributed by atoms with van der Waals surface area (Å²) < 4.78 is 16.8. The minimum Gasteiger partial charge on any atom is -0.486 e. The molecule has 1 atom stereocenters. The van der Waals surface area contributed by atoms with Crippen LogP contribution in [0.15, 0.2) is 22.7 Å². The highest BCUT2D eigenvalue weighted by Gasteiger charge is 2.31. The number of para-hydroxylation sites is 1. The molecule has 0 saturated carbocycles. The number of aromatic nitrogens is 2. The summed E-state index contributed by atoms with van der Waals surface area (Å²) in [6.07, 6.45) is 2.99. The van der Waals surface area contributed by atoms with Crippen molar-refractivity contribution in [3.05, 3.63) is 35.5 Å². The molecule has 3 heterocycles. The van der Waals surface area contributed by atoms with Crippen LogP contribution in [0.5, 0.6) is 11.5 Å². The number of hydrogen-bond donors (Lipinski definition) is 0. The zero-order chi connectivity index (χ0) is 15.6. The van der Waals surface area contributed by atoms with Gasteiger partial charge < -0.3 is 14.0 Å². The van der Waals surface area contributed by atoms with Gasteiger partial charge >= 0.3 is 0 Å². The zero-order valence-electron chi connectivity index (χ0n) is 13.3. The Morgan fingerprint density at radius 1 is 1.26 bits per heavy atom. The van der Waals surface area contributed by atoms with Crippen molar-refractivity contribution in [1.29, 1.82) is 0 Å². The Hall–Kier alpha value is -2.08. The van der Waals surface area contributed by atoms with Crippen LogP contribution in [0.25, 0.3) is 0 Å². The number of aryl methyl sites for hydroxylation is 1. The van der Waals surface area contributed by atoms with E-state index in [9.17, 15) is 0 Å². The van der Waals surface area contributed by atoms with E-state index in [1.807, 2.05) is 19.1 Å². The van der Waals surface area contributed by atoms with E-state index >= 15 is 0 Å². The van der Waals surface area contributed by atoms with Gasteiger partial charge in [0.15, 0.2) is 17.3 Å². The predicted molar refractivity (Wildman–Crippen MR) is 83.5 cm³/mol. The Bertz CT molecular complexity index is 685. The van der Waals surface area contributed by atoms with Crippen LogP contribution in [-0.2, 0) is 13.0 Å². The molecular formula is C17H21N3O3. The molecule has 6 heteroatoms. The third-order valence-corrected chi connectivity index (χ3v) is 4.47. The second kappa shape index (κ2) is 6.20. The van der Waals surface area contributed by atoms with Crippen LogP contribution in [0.1, 0.15) is 43.1 Å². The van der Waals surface area contributed by atoms with Crippen LogP contribution < -0.4 is 9.47 Å². The molecule has 122 valence electrons. The van der Waals surface area contributed by atoms with Crippen molar-refractivity contribution in [2.24, 2.45) is 0 Å². The van der Waals surface area contributed by atoms with Gasteiger partial charge in [0, 0.05) is 18.5 Å². The minimum atomic E-state index is 0.222. The quantitative estimate of drug-likeness (QED) is 0.864. The molecule has 23 heavy (non-hydrogen) atoms. The summed E-state index contributed by atoms with van der Waals surface area (Å²) in [4.78, 5) is 6.92. The molecule has 1 saturated heterocycles. The minimum absolute atomic E-state index is 0.222. The number of ether oxygens (including phenoxy) is 2. The Labute approximate surface area is 135 Å². The number of nitrogens with zero attached hydrogens (tertiary/aromatic N) is 3. The third-order valence-electron chi connectivity index (χ3n) is 4.47. The molecule has 0 aliphatic carbocycles. The third kappa shape index (κ3) is 2.79. The van der Waals surface area contributed by atoms with Crippen molar-refractivity contribution in [3.63, 3.8) is 0 Å². The molecule has 0 N–H and O–H groups in total. The molecule has 1 fully saturated rings. The maximum Gasteiger partial charge on any atom is 0.226 e. The van der Waals surface area contributed by atoms with Crippen LogP contribution in [0, 0.1) is 0 Å². The SMILES string of the molecule is CCc1nc(C2CCCN2Cc2cccc3c2OCCO3)no1. The summed E-state index contributed by atoms with van der Waals surface area (Å²) in [6, 6.07) is 6.32. The normalized spacial score (nSPS) is 20.8. The van der Waals surface area contributed by atoms with Crippen molar-refractivity contribution < 1.29 is 14.0 Å². The zero-order valence-corrected chi connectivity index (χ0v) is 13.3. The summed E-state index contributed by atoms with van der Waals surface area (Å²) in [5.74, 6) is 3.24. The first kappa shape index (κ1) is 14.5. The van der Waals surface area contributed by atoms with Crippen molar-refractivity contribution in [2.45, 2.75) is 38.8 Å². The molecule has 1 aromatic carbocycles. The molecule has 1 aromatic heterocycles. The van der Waals surface area contributed by atoms with E-state index in [0.717, 1.165) is 55.2 Å². The van der Waals surface area contributed by atoms with E-state index < -0.39 is 0 Å². The first-order valence-electron chi connectivity index (χ1n) is 8.29. The number of likely N-dealkylation sites (tertiary alicyclic amines) is 1. The van der Waals surface area contributed by atoms with E-state index in [1.54, 1.807) is 0 Å². The molecule has 4 rings (SSSR count). The highest BCUT2D eigenvalue weighted by molar-refractivity contribution is 5.47. The van der Waals surface area contributed by atoms with Gasteiger partial charge in [-0.2, -0.15) is 4.98 Å². The number of hydrogen-bond acceptors (Lipinski definition) is 6. The topological polar surface area (TPSA) is 60.6 Å². The predicted octanol–water partition coefficient (Wildman–Crippen LogP) is 2.74. The lowest BCUT2D eigenvalue weighted by molar-refractivity contribution is 0.165. The van der Waals surface area contributed by atoms with E-state index in [4.69, 9.17) is 14.0 Å². The molecule has 1 unspecified atom stereocenters. The molecule has 0 bridgehead atoms. The smallest absolute Gasteiger partial charge is 0.226 e. The van der Waals surface area contributed by atoms with Gasteiger partial charge in [0.25, 0.3) is 0 Å². The Balaban J connectivity index is 1.56. The maximum atomic E-state index is 5.83. The molecule has 0 amide bonds. The van der Waals surface area contributed by atoms with Crippen LogP contribution in [0.4, 0.5) is 0 Å². The van der Waals surface area contributed by atoms with Crippen molar-refractivity contribution in [3.8, 4) is 11.5 Å². The lowest BCUT2D eigenvalue weighted by Gasteiger charge is -2.25. The highest BCUT2D eigenvalue weighted by atomic mass is 16.6. The van der Waals surface area contributed by atoms with Gasteiger partial charge in [-0.15, -0.1) is 0 Å². The van der Waals surface area contributed by atoms with Gasteiger partial charge in [-0.1, -0.05) is 24.2 Å². The van der Waals surface area contributed by atoms with Gasteiger partial charge in [0.2, 0.25) is 5.89 Å². The van der Waals surface area contributed by atoms with Gasteiger partial charge in [-0.05, 0) is 25.5 Å². The van der Waals surface area contributed by atoms with Gasteiger partial charge in [0.1, 0.15) is 13.2 Å². The molecule has 0 spiro atoms. The first-order chi connectivity index (χ1) is 11.3. The monoisotopic (exact) mass is 315 g/mol. The van der Waals surface area contributed by atoms with Gasteiger partial charge in [0.05, 0.1) is 6.04 Å². The van der Waals surface area contributed by atoms with Crippen LogP contribution in [0.2, 0.25) is 0 Å². The number of benzene rings is 1. The highest BCUT2D eigenvalue weighted by Crippen LogP contribution is 2.37. The fourth-order valence-corrected chi connectivity index (χ4v) is 3.33. The Morgan fingerprint density at radius 3 is 3.04 bits per heavy atom. The van der Waals surface area contributed by atoms with E-state index in [0.29, 0.717) is 19.1 Å². The number of rotatable bonds is 4. The molecule has 0 radical (unpaired) electrons. The van der Waals surface area contributed by atoms with Gasteiger partial charge in [-0.3, -0.25) is 4.90 Å². The average molecular weight is 315 g/mol. The number of fused-ring (bicyclic) bond motifs is 1. The second-order valence-corrected chi connectivity index (χ2v) is 5.97. The lowest BCUT2D eigenvalue weighted by atomic mass is 10.1. The van der Waals surface area contributed by atoms with Crippen LogP contribution in [-0.4, -0.2) is 34.8 Å². The standard InChI is InChI=1S/C17H21N3O3/c1-2-15-18-17(19-23-15)13-6-4-8-20(13)11-12-5-3-7-14-16(12)22-10-9-21-14/h3,5,7,13H,2,4,6,8-11H2,1H3. The van der Waals surface area contributed by atoms with E-state index in [2.05, 4.69) is 21.1 Å². The lowest BCUT2D eigenvalue weighted by Crippen LogP contribution is -2.25. The first-order valence-corrected chi connectivity index (χ1v) is 8.29. The fraction of sp³-hybridized carbons (Fsp3) is 0.529. The van der Waals surface area contributed by atoms with Crippen molar-refractivity contribution >= 4 is 0 Å². The van der Waals surface area contributed by atoms with Crippen LogP contribution >= 0.6 is 0 Å². The summed E-state index contributed by atoms with van der Waals surface area (Å²) in [6.45, 7) is 5.10. The Morgan fingerprint density at radius 2 is 2.17 bits per heavy atom. The summed E-state index contributed by atoms with van der Waals surface area (Å²) in [5.41, 5.74) is 1.16. The van der Waals surface area contributed by atoms with Crippen molar-refractivity contribution in [1.82, 2.24) is 15.0 Å². The van der Waals surface area contributed by atoms with Crippen LogP contribution in [0.3, 0.4) is 0 Å². The summed E-state index contributed by atoms with van der Waals surface area (Å²) in [5, 5.41) is 4.16. The fourth-order valence-electron chi connectivity index (χ4n) is 3.33. The molecule has 6 nitrogen and oxygen atoms in total. The summed E-state index contributed by atoms with van der Waals surface area (Å²) >= 11 is 0. The Kier molecular flexibility index (Phi) is 3.91. The molecular weight excluding hydrogens is 294 g/mol. The molecule has 2 aromatic rings. The second-order valence-electron chi connectivity index (χ2n) is 5.97. The molecule has 2 aliphatic heterocycles. The van der Waals surface area contributed by atoms with Crippen molar-refractivity contribution in [2.75, 3.05) is 19.8 Å². The largest absolute Gasteiger partial charge is 0.486 e. The van der Waals surface area contributed by atoms with E-state index in [-0.39, 0.29) is 6.04 Å². The van der Waals surface area contributed by atoms with Gasteiger partial charge in [-0.25, -0.2) is 0 Å². The average Bonchev–Trinajstić information content (AvgIpc) is 3.24. The summed E-state index contributed by atoms with van der Waals surface area (Å²) in [7, 11) is 0. The molecule has 2 aliphatic rings.